The van der Waals surface area contributed by atoms with Crippen LogP contribution in [0.3, 0.4) is 0 Å². The second-order valence-electron chi connectivity index (χ2n) is 4.76. The molecule has 16 heavy (non-hydrogen) atoms. The maximum absolute atomic E-state index is 3.32. The van der Waals surface area contributed by atoms with E-state index < -0.39 is 0 Å². The molecule has 1 heteroatoms. The molecule has 2 fully saturated rings. The summed E-state index contributed by atoms with van der Waals surface area (Å²) in [6.07, 6.45) is 1.52. The van der Waals surface area contributed by atoms with E-state index in [1.54, 1.807) is 0 Å². The SMILES string of the molecule is C1NCC2CC12.c1ccc2ccccc2c1. The number of nitrogens with one attached hydrogen (secondary N) is 1. The van der Waals surface area contributed by atoms with Gasteiger partial charge in [-0.3, -0.25) is 0 Å². The largest absolute Gasteiger partial charge is 0.316 e. The maximum atomic E-state index is 3.32. The van der Waals surface area contributed by atoms with Crippen LogP contribution in [0.2, 0.25) is 0 Å². The van der Waals surface area contributed by atoms with Gasteiger partial charge >= 0.3 is 0 Å². The zero-order valence-corrected chi connectivity index (χ0v) is 9.39. The van der Waals surface area contributed by atoms with Crippen LogP contribution in [0.4, 0.5) is 0 Å². The normalized spacial score (nSPS) is 25.8. The third-order valence-corrected chi connectivity index (χ3v) is 3.54. The predicted molar refractivity (Wildman–Crippen MR) is 68.4 cm³/mol. The van der Waals surface area contributed by atoms with Crippen LogP contribution in [0.1, 0.15) is 6.42 Å². The fraction of sp³-hybridized carbons (Fsp3) is 0.333. The Morgan fingerprint density at radius 2 is 1.19 bits per heavy atom. The Morgan fingerprint density at radius 1 is 0.750 bits per heavy atom. The number of fused-ring (bicyclic) bond motifs is 2. The van der Waals surface area contributed by atoms with Crippen molar-refractivity contribution in [3.8, 4) is 0 Å². The van der Waals surface area contributed by atoms with E-state index in [0.717, 1.165) is 11.8 Å². The van der Waals surface area contributed by atoms with Crippen LogP contribution in [0, 0.1) is 11.8 Å². The molecular formula is C15H17N. The van der Waals surface area contributed by atoms with E-state index >= 15 is 0 Å². The van der Waals surface area contributed by atoms with Gasteiger partial charge in [0.2, 0.25) is 0 Å². The Hall–Kier alpha value is -1.34. The van der Waals surface area contributed by atoms with Crippen molar-refractivity contribution in [2.45, 2.75) is 6.42 Å². The molecule has 82 valence electrons. The molecular weight excluding hydrogens is 194 g/mol. The van der Waals surface area contributed by atoms with Gasteiger partial charge in [0.25, 0.3) is 0 Å². The van der Waals surface area contributed by atoms with Gasteiger partial charge in [0.15, 0.2) is 0 Å². The van der Waals surface area contributed by atoms with Crippen molar-refractivity contribution in [3.63, 3.8) is 0 Å². The lowest BCUT2D eigenvalue weighted by Gasteiger charge is -1.92. The summed E-state index contributed by atoms with van der Waals surface area (Å²) < 4.78 is 0. The molecule has 0 amide bonds. The summed E-state index contributed by atoms with van der Waals surface area (Å²) in [5.41, 5.74) is 0. The van der Waals surface area contributed by atoms with Gasteiger partial charge in [-0.05, 0) is 42.1 Å². The van der Waals surface area contributed by atoms with Crippen LogP contribution in [-0.2, 0) is 0 Å². The Bertz CT molecular complexity index is 404. The molecule has 1 heterocycles. The first-order valence-electron chi connectivity index (χ1n) is 6.08. The van der Waals surface area contributed by atoms with Crippen LogP contribution in [0.15, 0.2) is 48.5 Å². The fourth-order valence-corrected chi connectivity index (χ4v) is 2.40. The lowest BCUT2D eigenvalue weighted by molar-refractivity contribution is 0.732. The van der Waals surface area contributed by atoms with Crippen molar-refractivity contribution in [1.29, 1.82) is 0 Å². The second kappa shape index (κ2) is 4.26. The molecule has 2 aromatic carbocycles. The van der Waals surface area contributed by atoms with E-state index in [1.165, 1.54) is 30.3 Å². The maximum Gasteiger partial charge on any atom is -0.00172 e. The van der Waals surface area contributed by atoms with Crippen LogP contribution in [-0.4, -0.2) is 13.1 Å². The molecule has 0 bridgehead atoms. The van der Waals surface area contributed by atoms with E-state index in [-0.39, 0.29) is 0 Å². The van der Waals surface area contributed by atoms with E-state index in [0.29, 0.717) is 0 Å². The highest BCUT2D eigenvalue weighted by Gasteiger charge is 2.40. The summed E-state index contributed by atoms with van der Waals surface area (Å²) in [7, 11) is 0. The molecule has 2 unspecified atom stereocenters. The van der Waals surface area contributed by atoms with Crippen molar-refractivity contribution in [1.82, 2.24) is 5.32 Å². The number of hydrogen-bond acceptors (Lipinski definition) is 1. The van der Waals surface area contributed by atoms with Crippen molar-refractivity contribution in [2.24, 2.45) is 11.8 Å². The molecule has 1 nitrogen and oxygen atoms in total. The standard InChI is InChI=1S/C10H8.C5H9N/c1-2-6-10-8-4-3-7-9(10)5-1;1-4-2-6-3-5(1)4/h1-8H;4-6H,1-3H2. The summed E-state index contributed by atoms with van der Waals surface area (Å²) in [6, 6.07) is 16.7. The monoisotopic (exact) mass is 211 g/mol. The molecule has 1 N–H and O–H groups in total. The molecule has 0 aromatic heterocycles. The number of hydrogen-bond donors (Lipinski definition) is 1. The fourth-order valence-electron chi connectivity index (χ4n) is 2.40. The molecule has 1 saturated heterocycles. The molecule has 4 rings (SSSR count). The van der Waals surface area contributed by atoms with Gasteiger partial charge in [-0.1, -0.05) is 48.5 Å². The zero-order chi connectivity index (χ0) is 10.8. The van der Waals surface area contributed by atoms with Crippen LogP contribution in [0.25, 0.3) is 10.8 Å². The first-order valence-corrected chi connectivity index (χ1v) is 6.08. The number of piperidine rings is 1. The van der Waals surface area contributed by atoms with Crippen LogP contribution >= 0.6 is 0 Å². The number of benzene rings is 2. The van der Waals surface area contributed by atoms with E-state index in [4.69, 9.17) is 0 Å². The molecule has 0 radical (unpaired) electrons. The smallest absolute Gasteiger partial charge is 0.00172 e. The zero-order valence-electron chi connectivity index (χ0n) is 9.39. The lowest BCUT2D eigenvalue weighted by Crippen LogP contribution is -2.10. The van der Waals surface area contributed by atoms with Crippen LogP contribution in [0.5, 0.6) is 0 Å². The van der Waals surface area contributed by atoms with Gasteiger partial charge < -0.3 is 5.32 Å². The molecule has 1 aliphatic heterocycles. The molecule has 1 saturated carbocycles. The summed E-state index contributed by atoms with van der Waals surface area (Å²) in [6.45, 7) is 2.62. The Labute approximate surface area is 96.5 Å². The Morgan fingerprint density at radius 3 is 1.44 bits per heavy atom. The molecule has 2 atom stereocenters. The van der Waals surface area contributed by atoms with E-state index in [9.17, 15) is 0 Å². The van der Waals surface area contributed by atoms with Gasteiger partial charge in [0.1, 0.15) is 0 Å². The second-order valence-corrected chi connectivity index (χ2v) is 4.76. The average molecular weight is 211 g/mol. The summed E-state index contributed by atoms with van der Waals surface area (Å²) in [4.78, 5) is 0. The first kappa shape index (κ1) is 9.86. The van der Waals surface area contributed by atoms with E-state index in [2.05, 4.69) is 53.8 Å². The highest BCUT2D eigenvalue weighted by atomic mass is 14.9. The average Bonchev–Trinajstić information content (AvgIpc) is 2.97. The van der Waals surface area contributed by atoms with Gasteiger partial charge in [0, 0.05) is 0 Å². The predicted octanol–water partition coefficient (Wildman–Crippen LogP) is 3.07. The van der Waals surface area contributed by atoms with Gasteiger partial charge in [-0.15, -0.1) is 0 Å². The topological polar surface area (TPSA) is 12.0 Å². The summed E-state index contributed by atoms with van der Waals surface area (Å²) in [5.74, 6) is 2.20. The Balaban J connectivity index is 0.000000114. The minimum atomic E-state index is 1.10. The minimum Gasteiger partial charge on any atom is -0.316 e. The third kappa shape index (κ3) is 2.10. The highest BCUT2D eigenvalue weighted by Crippen LogP contribution is 2.40. The van der Waals surface area contributed by atoms with Gasteiger partial charge in [-0.2, -0.15) is 0 Å². The Kier molecular flexibility index (Phi) is 2.63. The van der Waals surface area contributed by atoms with Crippen molar-refractivity contribution in [3.05, 3.63) is 48.5 Å². The van der Waals surface area contributed by atoms with Crippen molar-refractivity contribution >= 4 is 10.8 Å². The van der Waals surface area contributed by atoms with Crippen molar-refractivity contribution in [2.75, 3.05) is 13.1 Å². The van der Waals surface area contributed by atoms with Crippen molar-refractivity contribution < 1.29 is 0 Å². The van der Waals surface area contributed by atoms with E-state index in [1.807, 2.05) is 0 Å². The first-order chi connectivity index (χ1) is 7.93. The molecule has 1 aliphatic carbocycles. The molecule has 2 aliphatic rings. The number of rotatable bonds is 0. The quantitative estimate of drug-likeness (QED) is 0.706. The van der Waals surface area contributed by atoms with Gasteiger partial charge in [-0.25, -0.2) is 0 Å². The molecule has 2 aromatic rings. The highest BCUT2D eigenvalue weighted by molar-refractivity contribution is 5.81. The minimum absolute atomic E-state index is 1.10. The molecule has 0 spiro atoms. The summed E-state index contributed by atoms with van der Waals surface area (Å²) in [5, 5.41) is 5.94. The van der Waals surface area contributed by atoms with Gasteiger partial charge in [0.05, 0.1) is 0 Å². The summed E-state index contributed by atoms with van der Waals surface area (Å²) >= 11 is 0. The third-order valence-electron chi connectivity index (χ3n) is 3.54. The van der Waals surface area contributed by atoms with Crippen LogP contribution < -0.4 is 5.32 Å². The lowest BCUT2D eigenvalue weighted by atomic mass is 10.1.